The van der Waals surface area contributed by atoms with Crippen LogP contribution in [0.5, 0.6) is 0 Å². The minimum Gasteiger partial charge on any atom is -0.460 e. The molecule has 2 aromatic carbocycles. The summed E-state index contributed by atoms with van der Waals surface area (Å²) < 4.78 is 5.19. The Kier molecular flexibility index (Phi) is 7.16. The number of esters is 1. The molecule has 25 heavy (non-hydrogen) atoms. The zero-order chi connectivity index (χ0) is 18.1. The summed E-state index contributed by atoms with van der Waals surface area (Å²) >= 11 is 0. The smallest absolute Gasteiger partial charge is 0.323 e. The molecule has 0 spiro atoms. The van der Waals surface area contributed by atoms with E-state index in [9.17, 15) is 9.59 Å². The van der Waals surface area contributed by atoms with Gasteiger partial charge < -0.3 is 15.4 Å². The summed E-state index contributed by atoms with van der Waals surface area (Å²) in [7, 11) is 1.74. The van der Waals surface area contributed by atoms with Crippen molar-refractivity contribution in [1.29, 1.82) is 0 Å². The standard InChI is InChI=1S/C20H24N2O3/c1-22(14-16-8-4-2-5-9-16)19(23)13-12-18(21)20(24)25-15-17-10-6-3-7-11-17/h2-11,18H,12-15,21H2,1H3/t18-/m0/s1. The molecule has 2 rings (SSSR count). The van der Waals surface area contributed by atoms with Crippen molar-refractivity contribution in [3.05, 3.63) is 71.8 Å². The van der Waals surface area contributed by atoms with Crippen LogP contribution in [0.25, 0.3) is 0 Å². The summed E-state index contributed by atoms with van der Waals surface area (Å²) in [4.78, 5) is 25.7. The van der Waals surface area contributed by atoms with E-state index in [-0.39, 0.29) is 25.4 Å². The van der Waals surface area contributed by atoms with E-state index >= 15 is 0 Å². The maximum Gasteiger partial charge on any atom is 0.323 e. The summed E-state index contributed by atoms with van der Waals surface area (Å²) in [5, 5.41) is 0. The average Bonchev–Trinajstić information content (AvgIpc) is 2.65. The van der Waals surface area contributed by atoms with Crippen LogP contribution < -0.4 is 5.73 Å². The van der Waals surface area contributed by atoms with E-state index in [0.717, 1.165) is 11.1 Å². The molecule has 5 heteroatoms. The number of carbonyl (C=O) groups is 2. The highest BCUT2D eigenvalue weighted by atomic mass is 16.5. The molecule has 0 aromatic heterocycles. The summed E-state index contributed by atoms with van der Waals surface area (Å²) in [6.45, 7) is 0.725. The maximum atomic E-state index is 12.2. The normalized spacial score (nSPS) is 11.6. The van der Waals surface area contributed by atoms with E-state index < -0.39 is 12.0 Å². The van der Waals surface area contributed by atoms with Crippen LogP contribution in [-0.4, -0.2) is 29.9 Å². The topological polar surface area (TPSA) is 72.6 Å². The van der Waals surface area contributed by atoms with Crippen molar-refractivity contribution in [3.8, 4) is 0 Å². The first-order valence-electron chi connectivity index (χ1n) is 8.30. The maximum absolute atomic E-state index is 12.2. The molecule has 0 saturated heterocycles. The molecule has 2 N–H and O–H groups in total. The molecule has 2 aromatic rings. The van der Waals surface area contributed by atoms with Gasteiger partial charge in [0.1, 0.15) is 12.6 Å². The van der Waals surface area contributed by atoms with Crippen LogP contribution in [0.3, 0.4) is 0 Å². The Balaban J connectivity index is 1.71. The largest absolute Gasteiger partial charge is 0.460 e. The molecule has 1 atom stereocenters. The lowest BCUT2D eigenvalue weighted by molar-refractivity contribution is -0.146. The second kappa shape index (κ2) is 9.59. The number of nitrogens with two attached hydrogens (primary N) is 1. The van der Waals surface area contributed by atoms with Gasteiger partial charge in [0.2, 0.25) is 5.91 Å². The number of benzene rings is 2. The molecular weight excluding hydrogens is 316 g/mol. The van der Waals surface area contributed by atoms with Crippen molar-refractivity contribution < 1.29 is 14.3 Å². The lowest BCUT2D eigenvalue weighted by Gasteiger charge is -2.18. The van der Waals surface area contributed by atoms with Gasteiger partial charge in [0.15, 0.2) is 0 Å². The number of carbonyl (C=O) groups excluding carboxylic acids is 2. The summed E-state index contributed by atoms with van der Waals surface area (Å²) in [5.74, 6) is -0.530. The quantitative estimate of drug-likeness (QED) is 0.750. The summed E-state index contributed by atoms with van der Waals surface area (Å²) in [5.41, 5.74) is 7.80. The number of ether oxygens (including phenoxy) is 1. The van der Waals surface area contributed by atoms with E-state index in [1.54, 1.807) is 11.9 Å². The highest BCUT2D eigenvalue weighted by Crippen LogP contribution is 2.07. The lowest BCUT2D eigenvalue weighted by atomic mass is 10.1. The highest BCUT2D eigenvalue weighted by molar-refractivity contribution is 5.79. The first-order chi connectivity index (χ1) is 12.1. The second-order valence-electron chi connectivity index (χ2n) is 5.97. The van der Waals surface area contributed by atoms with Gasteiger partial charge in [-0.1, -0.05) is 60.7 Å². The van der Waals surface area contributed by atoms with Crippen LogP contribution >= 0.6 is 0 Å². The fourth-order valence-corrected chi connectivity index (χ4v) is 2.37. The SMILES string of the molecule is CN(Cc1ccccc1)C(=O)CC[C@H](N)C(=O)OCc1ccccc1. The molecule has 0 saturated carbocycles. The zero-order valence-electron chi connectivity index (χ0n) is 14.4. The number of hydrogen-bond donors (Lipinski definition) is 1. The van der Waals surface area contributed by atoms with E-state index in [2.05, 4.69) is 0 Å². The monoisotopic (exact) mass is 340 g/mol. The third kappa shape index (κ3) is 6.39. The molecule has 1 amide bonds. The molecule has 0 aliphatic rings. The van der Waals surface area contributed by atoms with Crippen molar-refractivity contribution in [2.45, 2.75) is 32.0 Å². The number of amides is 1. The van der Waals surface area contributed by atoms with Gasteiger partial charge >= 0.3 is 5.97 Å². The minimum atomic E-state index is -0.794. The number of nitrogens with zero attached hydrogens (tertiary/aromatic N) is 1. The fraction of sp³-hybridized carbons (Fsp3) is 0.300. The van der Waals surface area contributed by atoms with Crippen molar-refractivity contribution >= 4 is 11.9 Å². The second-order valence-corrected chi connectivity index (χ2v) is 5.97. The number of hydrogen-bond acceptors (Lipinski definition) is 4. The van der Waals surface area contributed by atoms with Crippen molar-refractivity contribution in [2.24, 2.45) is 5.73 Å². The molecule has 0 aliphatic heterocycles. The molecule has 5 nitrogen and oxygen atoms in total. The Morgan fingerprint density at radius 3 is 2.16 bits per heavy atom. The predicted octanol–water partition coefficient (Wildman–Crippen LogP) is 2.50. The Morgan fingerprint density at radius 1 is 1.00 bits per heavy atom. The molecule has 0 bridgehead atoms. The molecule has 132 valence electrons. The van der Waals surface area contributed by atoms with Gasteiger partial charge in [-0.2, -0.15) is 0 Å². The zero-order valence-corrected chi connectivity index (χ0v) is 14.4. The molecular formula is C20H24N2O3. The van der Waals surface area contributed by atoms with Gasteiger partial charge in [0.05, 0.1) is 0 Å². The Morgan fingerprint density at radius 2 is 1.56 bits per heavy atom. The Bertz CT molecular complexity index is 674. The van der Waals surface area contributed by atoms with Crippen LogP contribution in [0, 0.1) is 0 Å². The summed E-state index contributed by atoms with van der Waals surface area (Å²) in [6, 6.07) is 18.4. The van der Waals surface area contributed by atoms with Gasteiger partial charge in [-0.05, 0) is 17.5 Å². The van der Waals surface area contributed by atoms with Crippen molar-refractivity contribution in [2.75, 3.05) is 7.05 Å². The highest BCUT2D eigenvalue weighted by Gasteiger charge is 2.18. The fourth-order valence-electron chi connectivity index (χ4n) is 2.37. The first kappa shape index (κ1) is 18.7. The third-order valence-corrected chi connectivity index (χ3v) is 3.88. The van der Waals surface area contributed by atoms with Crippen LogP contribution in [0.2, 0.25) is 0 Å². The lowest BCUT2D eigenvalue weighted by Crippen LogP contribution is -2.34. The molecule has 0 heterocycles. The van der Waals surface area contributed by atoms with Crippen LogP contribution in [0.1, 0.15) is 24.0 Å². The Hall–Kier alpha value is -2.66. The van der Waals surface area contributed by atoms with E-state index in [1.807, 2.05) is 60.7 Å². The molecule has 0 fully saturated rings. The van der Waals surface area contributed by atoms with Gasteiger partial charge in [0, 0.05) is 20.0 Å². The third-order valence-electron chi connectivity index (χ3n) is 3.88. The van der Waals surface area contributed by atoms with E-state index in [1.165, 1.54) is 0 Å². The molecule has 0 unspecified atom stereocenters. The van der Waals surface area contributed by atoms with Gasteiger partial charge in [-0.25, -0.2) is 0 Å². The van der Waals surface area contributed by atoms with Crippen molar-refractivity contribution in [1.82, 2.24) is 4.90 Å². The Labute approximate surface area is 148 Å². The van der Waals surface area contributed by atoms with Gasteiger partial charge in [-0.3, -0.25) is 9.59 Å². The minimum absolute atomic E-state index is 0.0461. The van der Waals surface area contributed by atoms with Crippen LogP contribution in [0.15, 0.2) is 60.7 Å². The van der Waals surface area contributed by atoms with E-state index in [4.69, 9.17) is 10.5 Å². The first-order valence-corrected chi connectivity index (χ1v) is 8.30. The van der Waals surface area contributed by atoms with Gasteiger partial charge in [-0.15, -0.1) is 0 Å². The van der Waals surface area contributed by atoms with Gasteiger partial charge in [0.25, 0.3) is 0 Å². The van der Waals surface area contributed by atoms with Crippen LogP contribution in [-0.2, 0) is 27.5 Å². The average molecular weight is 340 g/mol. The molecule has 0 radical (unpaired) electrons. The van der Waals surface area contributed by atoms with E-state index in [0.29, 0.717) is 6.54 Å². The molecule has 0 aliphatic carbocycles. The summed E-state index contributed by atoms with van der Waals surface area (Å²) in [6.07, 6.45) is 0.483. The van der Waals surface area contributed by atoms with Crippen molar-refractivity contribution in [3.63, 3.8) is 0 Å². The van der Waals surface area contributed by atoms with Crippen LogP contribution in [0.4, 0.5) is 0 Å². The number of rotatable bonds is 8. The predicted molar refractivity (Wildman–Crippen MR) is 96.4 cm³/mol.